The Labute approximate surface area is 184 Å². The summed E-state index contributed by atoms with van der Waals surface area (Å²) in [4.78, 5) is 13.2. The number of fused-ring (bicyclic) bond motifs is 5. The average molecular weight is 411 g/mol. The molecule has 0 saturated heterocycles. The van der Waals surface area contributed by atoms with Gasteiger partial charge in [0.05, 0.1) is 0 Å². The average Bonchev–Trinajstić information content (AvgIpc) is 3.10. The van der Waals surface area contributed by atoms with Crippen LogP contribution in [0.3, 0.4) is 0 Å². The molecule has 1 atom stereocenters. The van der Waals surface area contributed by atoms with Crippen molar-refractivity contribution in [2.45, 2.75) is 64.4 Å². The van der Waals surface area contributed by atoms with Gasteiger partial charge >= 0.3 is 0 Å². The summed E-state index contributed by atoms with van der Waals surface area (Å²) < 4.78 is 6.50. The number of carbonyl (C=O) groups excluding carboxylic acids is 1. The summed E-state index contributed by atoms with van der Waals surface area (Å²) in [5, 5.41) is 2.38. The van der Waals surface area contributed by atoms with Crippen molar-refractivity contribution in [3.63, 3.8) is 0 Å². The minimum Gasteiger partial charge on any atom is -0.474 e. The Morgan fingerprint density at radius 2 is 1.48 bits per heavy atom. The van der Waals surface area contributed by atoms with Gasteiger partial charge in [-0.15, -0.1) is 0 Å². The predicted octanol–water partition coefficient (Wildman–Crippen LogP) is 6.86. The predicted molar refractivity (Wildman–Crippen MR) is 128 cm³/mol. The molecule has 158 valence electrons. The Morgan fingerprint density at radius 1 is 0.806 bits per heavy atom. The highest BCUT2D eigenvalue weighted by Gasteiger charge is 2.49. The van der Waals surface area contributed by atoms with E-state index in [1.165, 1.54) is 21.9 Å². The van der Waals surface area contributed by atoms with Crippen molar-refractivity contribution in [3.8, 4) is 5.75 Å². The zero-order valence-corrected chi connectivity index (χ0v) is 19.3. The highest BCUT2D eigenvalue weighted by Crippen LogP contribution is 2.48. The molecule has 1 aliphatic heterocycles. The Balaban J connectivity index is 1.64. The Hall–Kier alpha value is -2.87. The summed E-state index contributed by atoms with van der Waals surface area (Å²) in [5.74, 6) is 0.852. The van der Waals surface area contributed by atoms with E-state index >= 15 is 0 Å². The van der Waals surface area contributed by atoms with E-state index in [0.29, 0.717) is 6.42 Å². The maximum absolute atomic E-state index is 13.2. The van der Waals surface area contributed by atoms with Gasteiger partial charge < -0.3 is 4.74 Å². The van der Waals surface area contributed by atoms with E-state index < -0.39 is 5.60 Å². The third-order valence-corrected chi connectivity index (χ3v) is 6.83. The largest absolute Gasteiger partial charge is 0.474 e. The van der Waals surface area contributed by atoms with E-state index in [2.05, 4.69) is 84.0 Å². The normalized spacial score (nSPS) is 20.1. The number of hydrogen-bond acceptors (Lipinski definition) is 2. The van der Waals surface area contributed by atoms with Gasteiger partial charge in [0.15, 0.2) is 0 Å². The molecule has 5 rings (SSSR count). The second-order valence-electron chi connectivity index (χ2n) is 11.1. The fourth-order valence-corrected chi connectivity index (χ4v) is 4.85. The third-order valence-electron chi connectivity index (χ3n) is 6.83. The smallest absolute Gasteiger partial charge is 0.204 e. The van der Waals surface area contributed by atoms with E-state index in [0.717, 1.165) is 22.4 Å². The van der Waals surface area contributed by atoms with Crippen molar-refractivity contribution in [1.82, 2.24) is 0 Å². The maximum atomic E-state index is 13.2. The van der Waals surface area contributed by atoms with Gasteiger partial charge in [0.1, 0.15) is 5.75 Å². The van der Waals surface area contributed by atoms with Crippen LogP contribution in [0.1, 0.15) is 69.4 Å². The van der Waals surface area contributed by atoms with Crippen molar-refractivity contribution < 1.29 is 9.53 Å². The van der Waals surface area contributed by atoms with Crippen LogP contribution in [0.25, 0.3) is 16.8 Å². The minimum atomic E-state index is -0.959. The molecule has 0 radical (unpaired) electrons. The zero-order chi connectivity index (χ0) is 22.2. The van der Waals surface area contributed by atoms with Crippen LogP contribution in [-0.2, 0) is 27.6 Å². The van der Waals surface area contributed by atoms with Crippen LogP contribution >= 0.6 is 0 Å². The first-order valence-electron chi connectivity index (χ1n) is 11.1. The molecule has 2 heteroatoms. The molecule has 1 unspecified atom stereocenters. The molecule has 31 heavy (non-hydrogen) atoms. The van der Waals surface area contributed by atoms with Crippen LogP contribution in [-0.4, -0.2) is 5.78 Å². The molecular formula is C29H30O2. The molecule has 0 amide bonds. The second-order valence-corrected chi connectivity index (χ2v) is 11.1. The van der Waals surface area contributed by atoms with Gasteiger partial charge in [-0.05, 0) is 50.4 Å². The summed E-state index contributed by atoms with van der Waals surface area (Å²) in [5.41, 5.74) is 4.95. The molecule has 0 fully saturated rings. The number of carbonyl (C=O) groups is 1. The number of ketones is 1. The molecule has 0 saturated carbocycles. The van der Waals surface area contributed by atoms with Crippen LogP contribution in [0.5, 0.6) is 5.75 Å². The third kappa shape index (κ3) is 3.04. The molecule has 3 aromatic carbocycles. The van der Waals surface area contributed by atoms with Gasteiger partial charge in [0.25, 0.3) is 0 Å². The highest BCUT2D eigenvalue weighted by molar-refractivity contribution is 6.06. The first-order valence-corrected chi connectivity index (χ1v) is 11.1. The first kappa shape index (κ1) is 20.1. The van der Waals surface area contributed by atoms with E-state index in [-0.39, 0.29) is 16.6 Å². The minimum absolute atomic E-state index is 0.0270. The molecule has 1 spiro atoms. The lowest BCUT2D eigenvalue weighted by molar-refractivity contribution is -0.128. The number of rotatable bonds is 0. The van der Waals surface area contributed by atoms with Gasteiger partial charge in [-0.1, -0.05) is 90.1 Å². The highest BCUT2D eigenvalue weighted by atomic mass is 16.5. The molecule has 0 N–H and O–H groups in total. The fraction of sp³-hybridized carbons (Fsp3) is 0.345. The van der Waals surface area contributed by atoms with E-state index in [1.54, 1.807) is 6.08 Å². The summed E-state index contributed by atoms with van der Waals surface area (Å²) in [6, 6.07) is 17.3. The van der Waals surface area contributed by atoms with Crippen molar-refractivity contribution in [1.29, 1.82) is 0 Å². The summed E-state index contributed by atoms with van der Waals surface area (Å²) in [7, 11) is 0. The molecule has 1 aliphatic carbocycles. The Morgan fingerprint density at radius 3 is 2.19 bits per heavy atom. The second kappa shape index (κ2) is 6.32. The van der Waals surface area contributed by atoms with Gasteiger partial charge in [-0.3, -0.25) is 4.79 Å². The van der Waals surface area contributed by atoms with Crippen molar-refractivity contribution in [3.05, 3.63) is 82.4 Å². The molecule has 1 heterocycles. The fourth-order valence-electron chi connectivity index (χ4n) is 4.85. The Kier molecular flexibility index (Phi) is 4.09. The quantitative estimate of drug-likeness (QED) is 0.405. The number of benzene rings is 3. The van der Waals surface area contributed by atoms with E-state index in [1.807, 2.05) is 12.1 Å². The monoisotopic (exact) mass is 410 g/mol. The van der Waals surface area contributed by atoms with Crippen LogP contribution in [0.15, 0.2) is 54.6 Å². The van der Waals surface area contributed by atoms with Gasteiger partial charge in [-0.2, -0.15) is 0 Å². The molecule has 3 aromatic rings. The standard InChI is InChI=1S/C29H30O2/c1-27(2,3)20-9-11-22-18(15-20)7-13-25-23(22)17-29(31-25)24-12-10-21(28(4,5)6)16-19(24)8-14-26(29)30/h7-16H,17H2,1-6H3. The van der Waals surface area contributed by atoms with Crippen LogP contribution < -0.4 is 4.74 Å². The molecule has 0 aromatic heterocycles. The molecule has 2 aliphatic rings. The van der Waals surface area contributed by atoms with Gasteiger partial charge in [-0.25, -0.2) is 0 Å². The topological polar surface area (TPSA) is 26.3 Å². The summed E-state index contributed by atoms with van der Waals surface area (Å²) in [6.45, 7) is 13.3. The molecule has 2 nitrogen and oxygen atoms in total. The first-order chi connectivity index (χ1) is 14.5. The van der Waals surface area contributed by atoms with Crippen molar-refractivity contribution in [2.24, 2.45) is 0 Å². The summed E-state index contributed by atoms with van der Waals surface area (Å²) >= 11 is 0. The van der Waals surface area contributed by atoms with E-state index in [9.17, 15) is 4.79 Å². The van der Waals surface area contributed by atoms with Crippen LogP contribution in [0.2, 0.25) is 0 Å². The molecular weight excluding hydrogens is 380 g/mol. The van der Waals surface area contributed by atoms with Crippen molar-refractivity contribution in [2.75, 3.05) is 0 Å². The lowest BCUT2D eigenvalue weighted by Gasteiger charge is -2.32. The van der Waals surface area contributed by atoms with Gasteiger partial charge in [0.2, 0.25) is 11.4 Å². The lowest BCUT2D eigenvalue weighted by Crippen LogP contribution is -2.41. The SMILES string of the molecule is CC(C)(C)c1ccc2c(c1)C=CC(=O)C21Cc2c(ccc3cc(C(C)(C)C)ccc23)O1. The lowest BCUT2D eigenvalue weighted by atomic mass is 9.76. The van der Waals surface area contributed by atoms with Crippen LogP contribution in [0.4, 0.5) is 0 Å². The van der Waals surface area contributed by atoms with Crippen molar-refractivity contribution >= 4 is 22.6 Å². The number of hydrogen-bond donors (Lipinski definition) is 0. The van der Waals surface area contributed by atoms with Crippen LogP contribution in [0, 0.1) is 0 Å². The molecule has 0 bridgehead atoms. The van der Waals surface area contributed by atoms with E-state index in [4.69, 9.17) is 4.74 Å². The Bertz CT molecular complexity index is 1260. The summed E-state index contributed by atoms with van der Waals surface area (Å²) in [6.07, 6.45) is 4.21. The zero-order valence-electron chi connectivity index (χ0n) is 19.3. The van der Waals surface area contributed by atoms with Gasteiger partial charge in [0, 0.05) is 17.5 Å². The maximum Gasteiger partial charge on any atom is 0.204 e. The number of ether oxygens (including phenoxy) is 1.